The number of fused-ring (bicyclic) bond motifs is 5. The molecule has 0 radical (unpaired) electrons. The second kappa shape index (κ2) is 10.9. The molecule has 0 heterocycles. The summed E-state index contributed by atoms with van der Waals surface area (Å²) < 4.78 is 0. The van der Waals surface area contributed by atoms with Crippen molar-refractivity contribution in [1.82, 2.24) is 0 Å². The molecule has 0 N–H and O–H groups in total. The molecule has 0 saturated heterocycles. The van der Waals surface area contributed by atoms with Gasteiger partial charge in [0.05, 0.1) is 0 Å². The summed E-state index contributed by atoms with van der Waals surface area (Å²) in [5.74, 6) is 0. The second-order valence-corrected chi connectivity index (χ2v) is 12.1. The molecule has 0 spiro atoms. The van der Waals surface area contributed by atoms with Gasteiger partial charge in [-0.1, -0.05) is 170 Å². The first-order valence-electron chi connectivity index (χ1n) is 15.9. The lowest BCUT2D eigenvalue weighted by atomic mass is 9.84. The Labute approximate surface area is 268 Å². The molecule has 0 heteroatoms. The summed E-state index contributed by atoms with van der Waals surface area (Å²) in [6.07, 6.45) is 0. The third kappa shape index (κ3) is 4.30. The van der Waals surface area contributed by atoms with Crippen molar-refractivity contribution in [2.45, 2.75) is 0 Å². The normalized spacial score (nSPS) is 11.5. The monoisotopic (exact) mass is 582 g/mol. The van der Waals surface area contributed by atoms with Crippen LogP contribution in [0.4, 0.5) is 0 Å². The van der Waals surface area contributed by atoms with Crippen molar-refractivity contribution in [3.05, 3.63) is 182 Å². The Morgan fingerprint density at radius 1 is 0.239 bits per heavy atom. The maximum Gasteiger partial charge on any atom is -0.00262 e. The van der Waals surface area contributed by atoms with Gasteiger partial charge >= 0.3 is 0 Å². The molecule has 0 aliphatic carbocycles. The molecule has 0 aliphatic rings. The van der Waals surface area contributed by atoms with E-state index in [4.69, 9.17) is 0 Å². The third-order valence-corrected chi connectivity index (χ3v) is 9.42. The van der Waals surface area contributed by atoms with Crippen LogP contribution in [0.25, 0.3) is 87.6 Å². The van der Waals surface area contributed by atoms with Crippen LogP contribution in [0.3, 0.4) is 0 Å². The molecule has 0 fully saturated rings. The summed E-state index contributed by atoms with van der Waals surface area (Å²) >= 11 is 0. The standard InChI is InChI=1S/C46H30/c1-2-13-31(14-3-1)34-17-10-19-36(29-34)45-40-22-6-8-24-42(40)46(43-25-9-7-23-41(43)45)37-20-11-18-35(30-37)39-26-12-16-33-28-27-32-15-4-5-21-38(32)44(33)39/h1-30H. The van der Waals surface area contributed by atoms with Crippen LogP contribution in [-0.4, -0.2) is 0 Å². The van der Waals surface area contributed by atoms with Crippen LogP contribution in [-0.2, 0) is 0 Å². The van der Waals surface area contributed by atoms with Gasteiger partial charge in [-0.2, -0.15) is 0 Å². The third-order valence-electron chi connectivity index (χ3n) is 9.42. The van der Waals surface area contributed by atoms with Crippen LogP contribution < -0.4 is 0 Å². The summed E-state index contributed by atoms with van der Waals surface area (Å²) in [7, 11) is 0. The van der Waals surface area contributed by atoms with Gasteiger partial charge in [-0.25, -0.2) is 0 Å². The first-order valence-corrected chi connectivity index (χ1v) is 15.9. The lowest BCUT2D eigenvalue weighted by molar-refractivity contribution is 1.61. The predicted molar refractivity (Wildman–Crippen MR) is 198 cm³/mol. The molecule has 0 aliphatic heterocycles. The van der Waals surface area contributed by atoms with Crippen molar-refractivity contribution < 1.29 is 0 Å². The van der Waals surface area contributed by atoms with Crippen LogP contribution >= 0.6 is 0 Å². The zero-order valence-corrected chi connectivity index (χ0v) is 25.3. The minimum Gasteiger partial charge on any atom is -0.0622 e. The Kier molecular flexibility index (Phi) is 6.25. The van der Waals surface area contributed by atoms with Crippen molar-refractivity contribution >= 4 is 43.1 Å². The van der Waals surface area contributed by atoms with Crippen molar-refractivity contribution in [2.75, 3.05) is 0 Å². The lowest BCUT2D eigenvalue weighted by Crippen LogP contribution is -1.92. The van der Waals surface area contributed by atoms with E-state index in [0.29, 0.717) is 0 Å². The molecule has 46 heavy (non-hydrogen) atoms. The highest BCUT2D eigenvalue weighted by Gasteiger charge is 2.18. The Morgan fingerprint density at radius 3 is 1.33 bits per heavy atom. The van der Waals surface area contributed by atoms with E-state index in [0.717, 1.165) is 0 Å². The first kappa shape index (κ1) is 26.4. The molecule has 0 amide bonds. The van der Waals surface area contributed by atoms with Crippen molar-refractivity contribution in [1.29, 1.82) is 0 Å². The van der Waals surface area contributed by atoms with E-state index in [9.17, 15) is 0 Å². The van der Waals surface area contributed by atoms with E-state index in [1.54, 1.807) is 0 Å². The average molecular weight is 583 g/mol. The Morgan fingerprint density at radius 2 is 0.674 bits per heavy atom. The highest BCUT2D eigenvalue weighted by Crippen LogP contribution is 2.45. The molecular formula is C46H30. The van der Waals surface area contributed by atoms with E-state index in [2.05, 4.69) is 182 Å². The van der Waals surface area contributed by atoms with Gasteiger partial charge in [0, 0.05) is 0 Å². The van der Waals surface area contributed by atoms with E-state index in [1.807, 2.05) is 0 Å². The second-order valence-electron chi connectivity index (χ2n) is 12.1. The Balaban J connectivity index is 1.30. The fourth-order valence-electron chi connectivity index (χ4n) is 7.38. The SMILES string of the molecule is c1ccc(-c2cccc(-c3c4ccccc4c(-c4cccc(-c5cccc6ccc7ccccc7c56)c4)c4ccccc34)c2)cc1. The van der Waals surface area contributed by atoms with Crippen molar-refractivity contribution in [3.8, 4) is 44.5 Å². The van der Waals surface area contributed by atoms with E-state index in [-0.39, 0.29) is 0 Å². The highest BCUT2D eigenvalue weighted by atomic mass is 14.2. The molecule has 214 valence electrons. The molecular weight excluding hydrogens is 553 g/mol. The summed E-state index contributed by atoms with van der Waals surface area (Å²) in [4.78, 5) is 0. The molecule has 9 aromatic rings. The highest BCUT2D eigenvalue weighted by molar-refractivity contribution is 6.22. The fourth-order valence-corrected chi connectivity index (χ4v) is 7.38. The summed E-state index contributed by atoms with van der Waals surface area (Å²) in [5.41, 5.74) is 9.97. The molecule has 0 saturated carbocycles. The molecule has 9 rings (SSSR count). The molecule has 0 bridgehead atoms. The van der Waals surface area contributed by atoms with Gasteiger partial charge in [0.2, 0.25) is 0 Å². The van der Waals surface area contributed by atoms with Crippen LogP contribution in [0, 0.1) is 0 Å². The largest absolute Gasteiger partial charge is 0.0622 e. The average Bonchev–Trinajstić information content (AvgIpc) is 3.14. The minimum atomic E-state index is 1.23. The summed E-state index contributed by atoms with van der Waals surface area (Å²) in [6.45, 7) is 0. The minimum absolute atomic E-state index is 1.23. The fraction of sp³-hybridized carbons (Fsp3) is 0. The zero-order valence-electron chi connectivity index (χ0n) is 25.3. The smallest absolute Gasteiger partial charge is 0.00262 e. The van der Waals surface area contributed by atoms with Crippen LogP contribution in [0.5, 0.6) is 0 Å². The van der Waals surface area contributed by atoms with E-state index >= 15 is 0 Å². The number of hydrogen-bond donors (Lipinski definition) is 0. The maximum atomic E-state index is 2.39. The number of rotatable bonds is 4. The maximum absolute atomic E-state index is 2.39. The van der Waals surface area contributed by atoms with Gasteiger partial charge in [0.25, 0.3) is 0 Å². The molecule has 9 aromatic carbocycles. The first-order chi connectivity index (χ1) is 22.8. The van der Waals surface area contributed by atoms with E-state index in [1.165, 1.54) is 87.6 Å². The van der Waals surface area contributed by atoms with E-state index < -0.39 is 0 Å². The Hall–Kier alpha value is -5.98. The van der Waals surface area contributed by atoms with Crippen LogP contribution in [0.2, 0.25) is 0 Å². The Bertz CT molecular complexity index is 2520. The molecule has 0 atom stereocenters. The van der Waals surface area contributed by atoms with Crippen LogP contribution in [0.15, 0.2) is 182 Å². The van der Waals surface area contributed by atoms with Gasteiger partial charge in [-0.3, -0.25) is 0 Å². The van der Waals surface area contributed by atoms with Gasteiger partial charge in [-0.05, 0) is 99.7 Å². The lowest BCUT2D eigenvalue weighted by Gasteiger charge is -2.19. The van der Waals surface area contributed by atoms with Crippen molar-refractivity contribution in [3.63, 3.8) is 0 Å². The zero-order chi connectivity index (χ0) is 30.5. The van der Waals surface area contributed by atoms with Gasteiger partial charge in [-0.15, -0.1) is 0 Å². The molecule has 0 nitrogen and oxygen atoms in total. The predicted octanol–water partition coefficient (Wildman–Crippen LogP) is 13.0. The van der Waals surface area contributed by atoms with Crippen molar-refractivity contribution in [2.24, 2.45) is 0 Å². The summed E-state index contributed by atoms with van der Waals surface area (Å²) in [6, 6.07) is 66.5. The number of benzene rings is 9. The summed E-state index contributed by atoms with van der Waals surface area (Å²) in [5, 5.41) is 10.2. The van der Waals surface area contributed by atoms with Gasteiger partial charge in [0.1, 0.15) is 0 Å². The molecule has 0 unspecified atom stereocenters. The van der Waals surface area contributed by atoms with Gasteiger partial charge in [0.15, 0.2) is 0 Å². The topological polar surface area (TPSA) is 0 Å². The van der Waals surface area contributed by atoms with Gasteiger partial charge < -0.3 is 0 Å². The van der Waals surface area contributed by atoms with Crippen LogP contribution in [0.1, 0.15) is 0 Å². The number of hydrogen-bond acceptors (Lipinski definition) is 0. The molecule has 0 aromatic heterocycles. The quantitative estimate of drug-likeness (QED) is 0.143.